The van der Waals surface area contributed by atoms with Gasteiger partial charge in [0.25, 0.3) is 5.91 Å². The number of tetrazole rings is 1. The van der Waals surface area contributed by atoms with E-state index in [0.717, 1.165) is 5.56 Å². The minimum Gasteiger partial charge on any atom is -0.454 e. The maximum atomic E-state index is 12.1. The number of hydrogen-bond acceptors (Lipinski definition) is 7. The van der Waals surface area contributed by atoms with Gasteiger partial charge in [0, 0.05) is 10.6 Å². The first-order valence-corrected chi connectivity index (χ1v) is 8.30. The molecule has 0 spiro atoms. The molecule has 0 aliphatic carbocycles. The van der Waals surface area contributed by atoms with E-state index in [4.69, 9.17) is 21.1 Å². The maximum Gasteiger partial charge on any atom is 0.261 e. The number of carbonyl (C=O) groups is 1. The lowest BCUT2D eigenvalue weighted by Gasteiger charge is -2.04. The summed E-state index contributed by atoms with van der Waals surface area (Å²) in [4.78, 5) is 12.1. The van der Waals surface area contributed by atoms with Gasteiger partial charge in [0.05, 0.1) is 6.21 Å². The van der Waals surface area contributed by atoms with Crippen LogP contribution in [-0.4, -0.2) is 39.1 Å². The van der Waals surface area contributed by atoms with E-state index in [1.54, 1.807) is 42.5 Å². The van der Waals surface area contributed by atoms with Crippen molar-refractivity contribution in [1.82, 2.24) is 25.6 Å². The molecule has 27 heavy (non-hydrogen) atoms. The van der Waals surface area contributed by atoms with Crippen molar-refractivity contribution >= 4 is 23.7 Å². The summed E-state index contributed by atoms with van der Waals surface area (Å²) in [6.07, 6.45) is 1.52. The van der Waals surface area contributed by atoms with Gasteiger partial charge in [0.15, 0.2) is 17.3 Å². The SMILES string of the molecule is O=C(Cn1nnnc1-c1ccc2c(c1)OCO2)N/N=C/c1ccc(Cl)cc1. The van der Waals surface area contributed by atoms with E-state index < -0.39 is 0 Å². The van der Waals surface area contributed by atoms with Crippen LogP contribution >= 0.6 is 11.6 Å². The monoisotopic (exact) mass is 384 g/mol. The number of carbonyl (C=O) groups excluding carboxylic acids is 1. The molecule has 1 aliphatic heterocycles. The Kier molecular flexibility index (Phi) is 4.67. The normalized spacial score (nSPS) is 12.5. The molecule has 0 bridgehead atoms. The molecule has 2 heterocycles. The van der Waals surface area contributed by atoms with Gasteiger partial charge in [-0.2, -0.15) is 5.10 Å². The van der Waals surface area contributed by atoms with Crippen LogP contribution in [0, 0.1) is 0 Å². The number of hydrogen-bond donors (Lipinski definition) is 1. The Balaban J connectivity index is 1.42. The highest BCUT2D eigenvalue weighted by atomic mass is 35.5. The Morgan fingerprint density at radius 1 is 1.22 bits per heavy atom. The number of ether oxygens (including phenoxy) is 2. The number of nitrogens with one attached hydrogen (secondary N) is 1. The second-order valence-electron chi connectivity index (χ2n) is 5.57. The van der Waals surface area contributed by atoms with E-state index in [1.165, 1.54) is 10.9 Å². The van der Waals surface area contributed by atoms with E-state index in [0.29, 0.717) is 27.9 Å². The van der Waals surface area contributed by atoms with E-state index in [9.17, 15) is 4.79 Å². The van der Waals surface area contributed by atoms with E-state index in [2.05, 4.69) is 26.1 Å². The van der Waals surface area contributed by atoms with Crippen LogP contribution in [-0.2, 0) is 11.3 Å². The first kappa shape index (κ1) is 17.0. The standard InChI is InChI=1S/C17H13ClN6O3/c18-13-4-1-11(2-5-13)8-19-20-16(25)9-24-17(21-22-23-24)12-3-6-14-15(7-12)27-10-26-14/h1-8H,9-10H2,(H,20,25)/b19-8+. The summed E-state index contributed by atoms with van der Waals surface area (Å²) in [5.74, 6) is 1.34. The first-order chi connectivity index (χ1) is 13.2. The summed E-state index contributed by atoms with van der Waals surface area (Å²) in [6.45, 7) is 0.0898. The maximum absolute atomic E-state index is 12.1. The van der Waals surface area contributed by atoms with Gasteiger partial charge in [-0.1, -0.05) is 23.7 Å². The average molecular weight is 385 g/mol. The third-order valence-corrected chi connectivity index (χ3v) is 3.98. The Bertz CT molecular complexity index is 1000. The number of hydrazone groups is 1. The second kappa shape index (κ2) is 7.42. The highest BCUT2D eigenvalue weighted by Crippen LogP contribution is 2.35. The third-order valence-electron chi connectivity index (χ3n) is 3.73. The lowest BCUT2D eigenvalue weighted by Crippen LogP contribution is -2.24. The molecule has 0 radical (unpaired) electrons. The van der Waals surface area contributed by atoms with Gasteiger partial charge >= 0.3 is 0 Å². The molecule has 1 aromatic heterocycles. The fourth-order valence-corrected chi connectivity index (χ4v) is 2.58. The lowest BCUT2D eigenvalue weighted by atomic mass is 10.2. The molecule has 1 N–H and O–H groups in total. The molecule has 2 aromatic carbocycles. The van der Waals surface area contributed by atoms with Gasteiger partial charge in [-0.25, -0.2) is 10.1 Å². The molecule has 4 rings (SSSR count). The van der Waals surface area contributed by atoms with Crippen LogP contribution in [0.5, 0.6) is 11.5 Å². The molecule has 1 aliphatic rings. The number of nitrogens with zero attached hydrogens (tertiary/aromatic N) is 5. The van der Waals surface area contributed by atoms with Gasteiger partial charge in [0.1, 0.15) is 6.54 Å². The highest BCUT2D eigenvalue weighted by molar-refractivity contribution is 6.30. The molecule has 0 fully saturated rings. The molecular formula is C17H13ClN6O3. The van der Waals surface area contributed by atoms with Crippen LogP contribution < -0.4 is 14.9 Å². The van der Waals surface area contributed by atoms with Crippen molar-refractivity contribution in [2.75, 3.05) is 6.79 Å². The molecule has 0 saturated heterocycles. The zero-order valence-electron chi connectivity index (χ0n) is 13.9. The minimum atomic E-state index is -0.366. The summed E-state index contributed by atoms with van der Waals surface area (Å²) in [5, 5.41) is 16.0. The quantitative estimate of drug-likeness (QED) is 0.532. The third kappa shape index (κ3) is 3.87. The fourth-order valence-electron chi connectivity index (χ4n) is 2.45. The summed E-state index contributed by atoms with van der Waals surface area (Å²) in [5.41, 5.74) is 3.96. The number of rotatable bonds is 5. The van der Waals surface area contributed by atoms with Gasteiger partial charge in [-0.05, 0) is 46.3 Å². The van der Waals surface area contributed by atoms with Crippen molar-refractivity contribution in [1.29, 1.82) is 0 Å². The van der Waals surface area contributed by atoms with E-state index in [1.807, 2.05) is 0 Å². The van der Waals surface area contributed by atoms with E-state index in [-0.39, 0.29) is 19.2 Å². The Labute approximate surface area is 158 Å². The van der Waals surface area contributed by atoms with Crippen molar-refractivity contribution in [3.8, 4) is 22.9 Å². The van der Waals surface area contributed by atoms with Gasteiger partial charge in [-0.3, -0.25) is 4.79 Å². The Hall–Kier alpha value is -3.46. The van der Waals surface area contributed by atoms with Crippen molar-refractivity contribution in [2.24, 2.45) is 5.10 Å². The van der Waals surface area contributed by atoms with Crippen molar-refractivity contribution in [3.63, 3.8) is 0 Å². The molecular weight excluding hydrogens is 372 g/mol. The van der Waals surface area contributed by atoms with Crippen molar-refractivity contribution in [3.05, 3.63) is 53.1 Å². The molecule has 1 amide bonds. The Morgan fingerprint density at radius 2 is 2.04 bits per heavy atom. The molecule has 9 nitrogen and oxygen atoms in total. The van der Waals surface area contributed by atoms with Gasteiger partial charge in [0.2, 0.25) is 6.79 Å². The molecule has 0 unspecified atom stereocenters. The summed E-state index contributed by atoms with van der Waals surface area (Å²) in [6, 6.07) is 12.4. The number of fused-ring (bicyclic) bond motifs is 1. The largest absolute Gasteiger partial charge is 0.454 e. The number of benzene rings is 2. The fraction of sp³-hybridized carbons (Fsp3) is 0.118. The average Bonchev–Trinajstić information content (AvgIpc) is 3.31. The van der Waals surface area contributed by atoms with Crippen molar-refractivity contribution < 1.29 is 14.3 Å². The smallest absolute Gasteiger partial charge is 0.261 e. The number of aromatic nitrogens is 4. The zero-order valence-corrected chi connectivity index (χ0v) is 14.6. The predicted octanol–water partition coefficient (Wildman–Crippen LogP) is 1.87. The van der Waals surface area contributed by atoms with E-state index >= 15 is 0 Å². The molecule has 0 atom stereocenters. The Morgan fingerprint density at radius 3 is 2.89 bits per heavy atom. The van der Waals surface area contributed by atoms with Crippen molar-refractivity contribution in [2.45, 2.75) is 6.54 Å². The summed E-state index contributed by atoms with van der Waals surface area (Å²) >= 11 is 5.82. The van der Waals surface area contributed by atoms with Gasteiger partial charge < -0.3 is 9.47 Å². The summed E-state index contributed by atoms with van der Waals surface area (Å²) < 4.78 is 12.0. The molecule has 0 saturated carbocycles. The van der Waals surface area contributed by atoms with Crippen LogP contribution in [0.3, 0.4) is 0 Å². The van der Waals surface area contributed by atoms with Crippen LogP contribution in [0.15, 0.2) is 47.6 Å². The summed E-state index contributed by atoms with van der Waals surface area (Å²) in [7, 11) is 0. The van der Waals surface area contributed by atoms with Crippen LogP contribution in [0.4, 0.5) is 0 Å². The number of halogens is 1. The highest BCUT2D eigenvalue weighted by Gasteiger charge is 2.17. The second-order valence-corrected chi connectivity index (χ2v) is 6.01. The lowest BCUT2D eigenvalue weighted by molar-refractivity contribution is -0.121. The molecule has 3 aromatic rings. The minimum absolute atomic E-state index is 0.0886. The number of amides is 1. The first-order valence-electron chi connectivity index (χ1n) is 7.93. The topological polar surface area (TPSA) is 104 Å². The van der Waals surface area contributed by atoms with Crippen LogP contribution in [0.1, 0.15) is 5.56 Å². The van der Waals surface area contributed by atoms with Crippen LogP contribution in [0.25, 0.3) is 11.4 Å². The molecule has 136 valence electrons. The predicted molar refractivity (Wildman–Crippen MR) is 96.6 cm³/mol. The van der Waals surface area contributed by atoms with Crippen LogP contribution in [0.2, 0.25) is 5.02 Å². The van der Waals surface area contributed by atoms with Gasteiger partial charge in [-0.15, -0.1) is 5.10 Å². The molecule has 10 heteroatoms. The zero-order chi connectivity index (χ0) is 18.6.